The van der Waals surface area contributed by atoms with Crippen LogP contribution in [0.25, 0.3) is 10.2 Å². The van der Waals surface area contributed by atoms with Crippen molar-refractivity contribution in [3.8, 4) is 0 Å². The van der Waals surface area contributed by atoms with Crippen LogP contribution in [0.3, 0.4) is 0 Å². The highest BCUT2D eigenvalue weighted by Crippen LogP contribution is 2.30. The van der Waals surface area contributed by atoms with Gasteiger partial charge < -0.3 is 4.42 Å². The zero-order valence-corrected chi connectivity index (χ0v) is 15.1. The van der Waals surface area contributed by atoms with Gasteiger partial charge in [-0.1, -0.05) is 29.5 Å². The summed E-state index contributed by atoms with van der Waals surface area (Å²) < 4.78 is 5.98. The van der Waals surface area contributed by atoms with Gasteiger partial charge in [-0.25, -0.2) is 4.98 Å². The monoisotopic (exact) mass is 398 g/mol. The highest BCUT2D eigenvalue weighted by molar-refractivity contribution is 7.22. The molecule has 0 spiro atoms. The quantitative estimate of drug-likeness (QED) is 0.279. The van der Waals surface area contributed by atoms with E-state index in [0.29, 0.717) is 10.0 Å². The molecule has 0 unspecified atom stereocenters. The van der Waals surface area contributed by atoms with Gasteiger partial charge in [0.15, 0.2) is 5.76 Å². The first-order valence-corrected chi connectivity index (χ1v) is 9.33. The molecule has 4 rings (SSSR count). The number of rotatable bonds is 5. The fourth-order valence-electron chi connectivity index (χ4n) is 2.27. The van der Waals surface area contributed by atoms with Gasteiger partial charge in [-0.15, -0.1) is 11.3 Å². The Labute approximate surface area is 160 Å². The number of nitro groups is 1. The van der Waals surface area contributed by atoms with Crippen LogP contribution in [0.2, 0.25) is 0 Å². The zero-order chi connectivity index (χ0) is 18.8. The second-order valence-electron chi connectivity index (χ2n) is 5.24. The Morgan fingerprint density at radius 2 is 2.07 bits per heavy atom. The van der Waals surface area contributed by atoms with Gasteiger partial charge in [-0.3, -0.25) is 14.9 Å². The van der Waals surface area contributed by atoms with Gasteiger partial charge in [0, 0.05) is 0 Å². The van der Waals surface area contributed by atoms with Crippen molar-refractivity contribution in [1.82, 2.24) is 4.98 Å². The van der Waals surface area contributed by atoms with E-state index in [2.05, 4.69) is 10.1 Å². The van der Waals surface area contributed by atoms with Crippen LogP contribution in [-0.4, -0.2) is 22.0 Å². The first-order chi connectivity index (χ1) is 13.1. The summed E-state index contributed by atoms with van der Waals surface area (Å²) in [5, 5.41) is 18.3. The molecule has 10 heteroatoms. The Morgan fingerprint density at radius 3 is 2.78 bits per heavy atom. The highest BCUT2D eigenvalue weighted by Gasteiger charge is 2.22. The van der Waals surface area contributed by atoms with Crippen molar-refractivity contribution in [3.63, 3.8) is 0 Å². The van der Waals surface area contributed by atoms with E-state index in [1.54, 1.807) is 17.5 Å². The topological polar surface area (TPSA) is 102 Å². The van der Waals surface area contributed by atoms with Gasteiger partial charge in [0.25, 0.3) is 5.91 Å². The predicted octanol–water partition coefficient (Wildman–Crippen LogP) is 4.54. The van der Waals surface area contributed by atoms with Crippen molar-refractivity contribution in [2.24, 2.45) is 5.10 Å². The summed E-state index contributed by atoms with van der Waals surface area (Å²) in [5.41, 5.74) is 0.755. The van der Waals surface area contributed by atoms with Crippen molar-refractivity contribution in [2.75, 3.05) is 5.01 Å². The number of thiazole rings is 1. The van der Waals surface area contributed by atoms with Crippen molar-refractivity contribution in [1.29, 1.82) is 0 Å². The number of aromatic nitrogens is 1. The van der Waals surface area contributed by atoms with E-state index < -0.39 is 10.8 Å². The molecule has 0 atom stereocenters. The summed E-state index contributed by atoms with van der Waals surface area (Å²) >= 11 is 2.61. The molecule has 3 aromatic heterocycles. The fraction of sp³-hybridized carbons (Fsp3) is 0. The molecule has 1 aromatic carbocycles. The van der Waals surface area contributed by atoms with Crippen LogP contribution in [-0.2, 0) is 0 Å². The summed E-state index contributed by atoms with van der Waals surface area (Å²) in [5.74, 6) is -0.583. The van der Waals surface area contributed by atoms with Crippen LogP contribution in [0, 0.1) is 10.1 Å². The Bertz CT molecular complexity index is 1110. The molecule has 3 heterocycles. The van der Waals surface area contributed by atoms with E-state index in [9.17, 15) is 14.9 Å². The van der Waals surface area contributed by atoms with Crippen LogP contribution < -0.4 is 5.01 Å². The van der Waals surface area contributed by atoms with Gasteiger partial charge in [0.05, 0.1) is 27.4 Å². The maximum atomic E-state index is 12.9. The standard InChI is InChI=1S/C17H10N4O4S2/c22-16(14-6-3-9-26-14)20(17-19-12-4-1-2-5-13(12)27-17)18-10-11-7-8-15(25-11)21(23)24/h1-10H/b18-10+. The summed E-state index contributed by atoms with van der Waals surface area (Å²) in [6.45, 7) is 0. The van der Waals surface area contributed by atoms with Crippen molar-refractivity contribution in [2.45, 2.75) is 0 Å². The number of para-hydroxylation sites is 1. The first-order valence-electron chi connectivity index (χ1n) is 7.63. The minimum Gasteiger partial charge on any atom is -0.400 e. The van der Waals surface area contributed by atoms with Crippen LogP contribution in [0.4, 0.5) is 11.0 Å². The molecule has 0 saturated heterocycles. The fourth-order valence-corrected chi connectivity index (χ4v) is 3.84. The molecule has 0 bridgehead atoms. The minimum absolute atomic E-state index is 0.159. The normalized spacial score (nSPS) is 11.3. The molecule has 0 aliphatic rings. The lowest BCUT2D eigenvalue weighted by Gasteiger charge is -2.12. The lowest BCUT2D eigenvalue weighted by atomic mass is 10.3. The molecule has 0 fully saturated rings. The van der Waals surface area contributed by atoms with E-state index in [0.717, 1.165) is 10.2 Å². The third-order valence-electron chi connectivity index (χ3n) is 3.48. The summed E-state index contributed by atoms with van der Waals surface area (Å²) in [7, 11) is 0. The number of hydrogen-bond donors (Lipinski definition) is 0. The molecule has 0 saturated carbocycles. The first kappa shape index (κ1) is 17.1. The minimum atomic E-state index is -0.639. The molecule has 27 heavy (non-hydrogen) atoms. The molecular weight excluding hydrogens is 388 g/mol. The number of fused-ring (bicyclic) bond motifs is 1. The Morgan fingerprint density at radius 1 is 1.22 bits per heavy atom. The van der Waals surface area contributed by atoms with Gasteiger partial charge in [0.1, 0.15) is 4.92 Å². The average molecular weight is 398 g/mol. The number of anilines is 1. The number of furan rings is 1. The van der Waals surface area contributed by atoms with Crippen LogP contribution >= 0.6 is 22.7 Å². The van der Waals surface area contributed by atoms with Crippen LogP contribution in [0.15, 0.2) is 63.4 Å². The summed E-state index contributed by atoms with van der Waals surface area (Å²) in [4.78, 5) is 27.9. The van der Waals surface area contributed by atoms with E-state index in [1.807, 2.05) is 24.3 Å². The molecule has 0 aliphatic heterocycles. The molecule has 0 radical (unpaired) electrons. The second kappa shape index (κ2) is 7.09. The summed E-state index contributed by atoms with van der Waals surface area (Å²) in [6.07, 6.45) is 1.25. The number of hydrazone groups is 1. The number of benzene rings is 1. The zero-order valence-electron chi connectivity index (χ0n) is 13.5. The number of carbonyl (C=O) groups excluding carboxylic acids is 1. The second-order valence-corrected chi connectivity index (χ2v) is 7.19. The van der Waals surface area contributed by atoms with E-state index >= 15 is 0 Å². The molecule has 8 nitrogen and oxygen atoms in total. The Balaban J connectivity index is 1.72. The van der Waals surface area contributed by atoms with Gasteiger partial charge in [-0.2, -0.15) is 10.1 Å². The predicted molar refractivity (Wildman–Crippen MR) is 104 cm³/mol. The third kappa shape index (κ3) is 3.48. The average Bonchev–Trinajstić information content (AvgIpc) is 3.41. The smallest absolute Gasteiger partial charge is 0.400 e. The van der Waals surface area contributed by atoms with Crippen molar-refractivity contribution < 1.29 is 14.1 Å². The SMILES string of the molecule is O=C(c1cccs1)N(/N=C/c1ccc([N+](=O)[O-])o1)c1nc2ccccc2s1. The maximum Gasteiger partial charge on any atom is 0.433 e. The summed E-state index contributed by atoms with van der Waals surface area (Å²) in [6, 6.07) is 13.6. The molecular formula is C17H10N4O4S2. The lowest BCUT2D eigenvalue weighted by molar-refractivity contribution is -0.402. The number of carbonyl (C=O) groups is 1. The third-order valence-corrected chi connectivity index (χ3v) is 5.35. The lowest BCUT2D eigenvalue weighted by Crippen LogP contribution is -2.24. The van der Waals surface area contributed by atoms with Crippen LogP contribution in [0.5, 0.6) is 0 Å². The number of nitrogens with zero attached hydrogens (tertiary/aromatic N) is 4. The van der Waals surface area contributed by atoms with E-state index in [4.69, 9.17) is 4.42 Å². The molecule has 4 aromatic rings. The van der Waals surface area contributed by atoms with E-state index in [-0.39, 0.29) is 11.7 Å². The molecule has 0 aliphatic carbocycles. The van der Waals surface area contributed by atoms with Gasteiger partial charge in [-0.05, 0) is 29.6 Å². The number of amides is 1. The Hall–Kier alpha value is -3.37. The van der Waals surface area contributed by atoms with Gasteiger partial charge in [0.2, 0.25) is 5.13 Å². The van der Waals surface area contributed by atoms with E-state index in [1.165, 1.54) is 46.0 Å². The maximum absolute atomic E-state index is 12.9. The van der Waals surface area contributed by atoms with Crippen molar-refractivity contribution in [3.05, 3.63) is 74.7 Å². The number of thiophene rings is 1. The molecule has 134 valence electrons. The Kier molecular flexibility index (Phi) is 4.48. The van der Waals surface area contributed by atoms with Crippen molar-refractivity contribution >= 4 is 56.0 Å². The number of hydrogen-bond acceptors (Lipinski definition) is 8. The van der Waals surface area contributed by atoms with Crippen LogP contribution in [0.1, 0.15) is 15.4 Å². The molecule has 1 amide bonds. The molecule has 0 N–H and O–H groups in total. The highest BCUT2D eigenvalue weighted by atomic mass is 32.1. The van der Waals surface area contributed by atoms with Gasteiger partial charge >= 0.3 is 5.88 Å². The largest absolute Gasteiger partial charge is 0.433 e.